The van der Waals surface area contributed by atoms with Crippen molar-refractivity contribution in [2.24, 2.45) is 5.73 Å². The molecule has 0 aliphatic heterocycles. The number of carboxylic acids is 1. The van der Waals surface area contributed by atoms with E-state index >= 15 is 0 Å². The predicted octanol–water partition coefficient (Wildman–Crippen LogP) is 0.389. The van der Waals surface area contributed by atoms with Crippen LogP contribution in [0.2, 0.25) is 0 Å². The molecule has 1 aliphatic rings. The SMILES string of the molecule is COC1(C(N)C(=O)O)CCC1.Cl. The normalized spacial score (nSPS) is 21.8. The Labute approximate surface area is 77.5 Å². The minimum Gasteiger partial charge on any atom is -0.480 e. The third-order valence-electron chi connectivity index (χ3n) is 2.44. The quantitative estimate of drug-likeness (QED) is 0.684. The standard InChI is InChI=1S/C7H13NO3.ClH/c1-11-7(3-2-4-7)5(8)6(9)10;/h5H,2-4,8H2,1H3,(H,9,10);1H. The van der Waals surface area contributed by atoms with E-state index in [1.807, 2.05) is 0 Å². The minimum absolute atomic E-state index is 0. The fourth-order valence-corrected chi connectivity index (χ4v) is 1.39. The zero-order valence-corrected chi connectivity index (χ0v) is 7.76. The van der Waals surface area contributed by atoms with Gasteiger partial charge in [0.2, 0.25) is 0 Å². The van der Waals surface area contributed by atoms with Crippen LogP contribution in [-0.2, 0) is 9.53 Å². The summed E-state index contributed by atoms with van der Waals surface area (Å²) in [5.74, 6) is -0.980. The predicted molar refractivity (Wildman–Crippen MR) is 46.5 cm³/mol. The summed E-state index contributed by atoms with van der Waals surface area (Å²) in [4.78, 5) is 10.5. The van der Waals surface area contributed by atoms with E-state index in [2.05, 4.69) is 0 Å². The van der Waals surface area contributed by atoms with E-state index in [4.69, 9.17) is 15.6 Å². The molecule has 1 aliphatic carbocycles. The van der Waals surface area contributed by atoms with Gasteiger partial charge in [0.15, 0.2) is 0 Å². The van der Waals surface area contributed by atoms with Gasteiger partial charge in [-0.2, -0.15) is 0 Å². The molecule has 0 saturated heterocycles. The molecule has 0 amide bonds. The highest BCUT2D eigenvalue weighted by Crippen LogP contribution is 2.37. The van der Waals surface area contributed by atoms with Crippen LogP contribution in [0.15, 0.2) is 0 Å². The van der Waals surface area contributed by atoms with Gasteiger partial charge in [0, 0.05) is 7.11 Å². The van der Waals surface area contributed by atoms with E-state index in [9.17, 15) is 4.79 Å². The molecular formula is C7H14ClNO3. The van der Waals surface area contributed by atoms with Crippen molar-refractivity contribution in [3.05, 3.63) is 0 Å². The molecule has 5 heteroatoms. The molecule has 0 bridgehead atoms. The number of nitrogens with two attached hydrogens (primary N) is 1. The van der Waals surface area contributed by atoms with E-state index in [1.165, 1.54) is 7.11 Å². The zero-order valence-electron chi connectivity index (χ0n) is 6.95. The van der Waals surface area contributed by atoms with Crippen molar-refractivity contribution >= 4 is 18.4 Å². The number of aliphatic carboxylic acids is 1. The molecule has 1 unspecified atom stereocenters. The average Bonchev–Trinajstić information content (AvgIpc) is 1.86. The minimum atomic E-state index is -0.980. The third kappa shape index (κ3) is 1.71. The Morgan fingerprint density at radius 3 is 2.25 bits per heavy atom. The van der Waals surface area contributed by atoms with Crippen LogP contribution in [0.3, 0.4) is 0 Å². The van der Waals surface area contributed by atoms with Crippen LogP contribution in [0.5, 0.6) is 0 Å². The van der Waals surface area contributed by atoms with Crippen LogP contribution >= 0.6 is 12.4 Å². The summed E-state index contributed by atoms with van der Waals surface area (Å²) in [6.45, 7) is 0. The molecule has 0 radical (unpaired) electrons. The Morgan fingerprint density at radius 2 is 2.17 bits per heavy atom. The summed E-state index contributed by atoms with van der Waals surface area (Å²) in [7, 11) is 1.52. The first-order chi connectivity index (χ1) is 5.12. The average molecular weight is 196 g/mol. The summed E-state index contributed by atoms with van der Waals surface area (Å²) in [6.07, 6.45) is 2.53. The first kappa shape index (κ1) is 11.7. The molecule has 72 valence electrons. The van der Waals surface area contributed by atoms with Crippen molar-refractivity contribution in [1.82, 2.24) is 0 Å². The zero-order chi connectivity index (χ0) is 8.48. The number of ether oxygens (including phenoxy) is 1. The van der Waals surface area contributed by atoms with Crippen molar-refractivity contribution in [2.75, 3.05) is 7.11 Å². The highest BCUT2D eigenvalue weighted by atomic mass is 35.5. The molecule has 0 aromatic rings. The molecule has 1 saturated carbocycles. The molecule has 3 N–H and O–H groups in total. The van der Waals surface area contributed by atoms with Crippen molar-refractivity contribution in [2.45, 2.75) is 30.9 Å². The monoisotopic (exact) mass is 195 g/mol. The van der Waals surface area contributed by atoms with Gasteiger partial charge in [0.1, 0.15) is 6.04 Å². The van der Waals surface area contributed by atoms with Gasteiger partial charge in [-0.3, -0.25) is 4.79 Å². The first-order valence-corrected chi connectivity index (χ1v) is 3.66. The molecule has 1 rings (SSSR count). The lowest BCUT2D eigenvalue weighted by Crippen LogP contribution is -2.58. The van der Waals surface area contributed by atoms with Gasteiger partial charge < -0.3 is 15.6 Å². The Balaban J connectivity index is 0.00000121. The van der Waals surface area contributed by atoms with Crippen LogP contribution in [0.4, 0.5) is 0 Å². The molecule has 4 nitrogen and oxygen atoms in total. The van der Waals surface area contributed by atoms with Crippen LogP contribution in [0.1, 0.15) is 19.3 Å². The summed E-state index contributed by atoms with van der Waals surface area (Å²) >= 11 is 0. The molecule has 1 fully saturated rings. The maximum absolute atomic E-state index is 10.5. The summed E-state index contributed by atoms with van der Waals surface area (Å²) < 4.78 is 5.09. The van der Waals surface area contributed by atoms with Gasteiger partial charge in [-0.1, -0.05) is 0 Å². The Morgan fingerprint density at radius 1 is 1.67 bits per heavy atom. The molecule has 1 atom stereocenters. The second-order valence-corrected chi connectivity index (χ2v) is 2.94. The van der Waals surface area contributed by atoms with Crippen molar-refractivity contribution in [3.63, 3.8) is 0 Å². The fraction of sp³-hybridized carbons (Fsp3) is 0.857. The second-order valence-electron chi connectivity index (χ2n) is 2.94. The lowest BCUT2D eigenvalue weighted by molar-refractivity contribution is -0.154. The highest BCUT2D eigenvalue weighted by Gasteiger charge is 2.46. The van der Waals surface area contributed by atoms with Crippen molar-refractivity contribution in [1.29, 1.82) is 0 Å². The molecule has 0 aromatic carbocycles. The molecule has 0 aromatic heterocycles. The van der Waals surface area contributed by atoms with Gasteiger partial charge in [0.05, 0.1) is 5.60 Å². The van der Waals surface area contributed by atoms with Crippen LogP contribution in [0.25, 0.3) is 0 Å². The van der Waals surface area contributed by atoms with Crippen LogP contribution in [-0.4, -0.2) is 29.8 Å². The van der Waals surface area contributed by atoms with Gasteiger partial charge in [-0.05, 0) is 19.3 Å². The molecule has 12 heavy (non-hydrogen) atoms. The van der Waals surface area contributed by atoms with Gasteiger partial charge in [-0.15, -0.1) is 12.4 Å². The Bertz CT molecular complexity index is 165. The third-order valence-corrected chi connectivity index (χ3v) is 2.44. The summed E-state index contributed by atoms with van der Waals surface area (Å²) in [5, 5.41) is 8.61. The molecular weight excluding hydrogens is 182 g/mol. The van der Waals surface area contributed by atoms with E-state index in [-0.39, 0.29) is 12.4 Å². The second kappa shape index (κ2) is 4.07. The lowest BCUT2D eigenvalue weighted by atomic mass is 9.75. The summed E-state index contributed by atoms with van der Waals surface area (Å²) in [5.41, 5.74) is 4.87. The van der Waals surface area contributed by atoms with E-state index in [0.717, 1.165) is 19.3 Å². The number of carboxylic acid groups (broad SMARTS) is 1. The van der Waals surface area contributed by atoms with Crippen molar-refractivity contribution < 1.29 is 14.6 Å². The largest absolute Gasteiger partial charge is 0.480 e. The fourth-order valence-electron chi connectivity index (χ4n) is 1.39. The van der Waals surface area contributed by atoms with Crippen molar-refractivity contribution in [3.8, 4) is 0 Å². The molecule has 0 heterocycles. The van der Waals surface area contributed by atoms with Gasteiger partial charge in [0.25, 0.3) is 0 Å². The number of methoxy groups -OCH3 is 1. The summed E-state index contributed by atoms with van der Waals surface area (Å²) in [6, 6.07) is -0.874. The number of carbonyl (C=O) groups is 1. The van der Waals surface area contributed by atoms with E-state index in [1.54, 1.807) is 0 Å². The van der Waals surface area contributed by atoms with E-state index < -0.39 is 17.6 Å². The Kier molecular flexibility index (Phi) is 3.96. The number of rotatable bonds is 3. The van der Waals surface area contributed by atoms with Crippen LogP contribution < -0.4 is 5.73 Å². The van der Waals surface area contributed by atoms with Crippen LogP contribution in [0, 0.1) is 0 Å². The maximum atomic E-state index is 10.5. The number of hydrogen-bond donors (Lipinski definition) is 2. The van der Waals surface area contributed by atoms with Gasteiger partial charge >= 0.3 is 5.97 Å². The molecule has 0 spiro atoms. The van der Waals surface area contributed by atoms with E-state index in [0.29, 0.717) is 0 Å². The Hall–Kier alpha value is -0.320. The number of hydrogen-bond acceptors (Lipinski definition) is 3. The maximum Gasteiger partial charge on any atom is 0.323 e. The lowest BCUT2D eigenvalue weighted by Gasteiger charge is -2.42. The first-order valence-electron chi connectivity index (χ1n) is 3.66. The van der Waals surface area contributed by atoms with Gasteiger partial charge in [-0.25, -0.2) is 0 Å². The topological polar surface area (TPSA) is 72.5 Å². The highest BCUT2D eigenvalue weighted by molar-refractivity contribution is 5.85. The number of halogens is 1. The smallest absolute Gasteiger partial charge is 0.323 e.